The minimum Gasteiger partial charge on any atom is -0.342 e. The number of nitrogens with zero attached hydrogens (tertiary/aromatic N) is 1. The van der Waals surface area contributed by atoms with E-state index in [1.165, 1.54) is 10.4 Å². The maximum absolute atomic E-state index is 12.7. The molecule has 27 heavy (non-hydrogen) atoms. The van der Waals surface area contributed by atoms with Crippen LogP contribution in [-0.4, -0.2) is 44.2 Å². The van der Waals surface area contributed by atoms with Gasteiger partial charge in [0.2, 0.25) is 15.9 Å². The zero-order chi connectivity index (χ0) is 19.4. The van der Waals surface area contributed by atoms with Gasteiger partial charge in [0.15, 0.2) is 0 Å². The predicted octanol–water partition coefficient (Wildman–Crippen LogP) is 2.55. The van der Waals surface area contributed by atoms with E-state index in [9.17, 15) is 18.0 Å². The zero-order valence-corrected chi connectivity index (χ0v) is 16.7. The van der Waals surface area contributed by atoms with Crippen LogP contribution in [0.4, 0.5) is 5.69 Å². The Morgan fingerprint density at radius 3 is 2.44 bits per heavy atom. The third kappa shape index (κ3) is 4.67. The van der Waals surface area contributed by atoms with Crippen molar-refractivity contribution in [2.75, 3.05) is 25.0 Å². The summed E-state index contributed by atoms with van der Waals surface area (Å²) in [4.78, 5) is 24.5. The number of carbonyl (C=O) groups is 2. The molecule has 2 amide bonds. The van der Waals surface area contributed by atoms with Crippen LogP contribution in [0.5, 0.6) is 0 Å². The van der Waals surface area contributed by atoms with Crippen LogP contribution in [0.3, 0.4) is 0 Å². The molecule has 0 atom stereocenters. The molecule has 0 bridgehead atoms. The molecule has 7 nitrogen and oxygen atoms in total. The summed E-state index contributed by atoms with van der Waals surface area (Å²) < 4.78 is 26.8. The van der Waals surface area contributed by atoms with Crippen molar-refractivity contribution in [1.82, 2.24) is 9.62 Å². The van der Waals surface area contributed by atoms with Gasteiger partial charge in [-0.3, -0.25) is 9.59 Å². The highest BCUT2D eigenvalue weighted by molar-refractivity contribution is 7.89. The van der Waals surface area contributed by atoms with Crippen molar-refractivity contribution in [3.63, 3.8) is 0 Å². The zero-order valence-electron chi connectivity index (χ0n) is 14.3. The number of thiophene rings is 1. The lowest BCUT2D eigenvalue weighted by Gasteiger charge is -2.15. The van der Waals surface area contributed by atoms with Crippen LogP contribution in [0.25, 0.3) is 0 Å². The van der Waals surface area contributed by atoms with Gasteiger partial charge in [-0.15, -0.1) is 11.3 Å². The van der Waals surface area contributed by atoms with Gasteiger partial charge in [-0.25, -0.2) is 8.42 Å². The molecule has 0 saturated carbocycles. The number of nitrogens with one attached hydrogen (secondary N) is 2. The van der Waals surface area contributed by atoms with Crippen molar-refractivity contribution in [2.45, 2.75) is 17.7 Å². The Kier molecular flexibility index (Phi) is 6.15. The number of sulfonamides is 1. The van der Waals surface area contributed by atoms with Crippen LogP contribution < -0.4 is 10.6 Å². The second kappa shape index (κ2) is 8.39. The quantitative estimate of drug-likeness (QED) is 0.740. The lowest BCUT2D eigenvalue weighted by molar-refractivity contribution is -0.115. The van der Waals surface area contributed by atoms with E-state index in [0.717, 1.165) is 24.2 Å². The van der Waals surface area contributed by atoms with Crippen molar-refractivity contribution in [1.29, 1.82) is 0 Å². The third-order valence-corrected chi connectivity index (χ3v) is 7.29. The molecule has 1 aliphatic rings. The smallest absolute Gasteiger partial charge is 0.263 e. The van der Waals surface area contributed by atoms with Gasteiger partial charge in [-0.2, -0.15) is 4.31 Å². The van der Waals surface area contributed by atoms with Crippen molar-refractivity contribution in [3.8, 4) is 0 Å². The Balaban J connectivity index is 1.63. The van der Waals surface area contributed by atoms with E-state index in [1.54, 1.807) is 29.6 Å². The predicted molar refractivity (Wildman–Crippen MR) is 105 cm³/mol. The molecule has 1 aliphatic heterocycles. The van der Waals surface area contributed by atoms with Crippen LogP contribution in [0.2, 0.25) is 5.02 Å². The van der Waals surface area contributed by atoms with Crippen LogP contribution in [0.1, 0.15) is 22.5 Å². The van der Waals surface area contributed by atoms with E-state index < -0.39 is 21.8 Å². The number of hydrogen-bond acceptors (Lipinski definition) is 5. The lowest BCUT2D eigenvalue weighted by Crippen LogP contribution is -2.34. The van der Waals surface area contributed by atoms with Crippen molar-refractivity contribution in [3.05, 3.63) is 45.6 Å². The minimum absolute atomic E-state index is 0.00925. The van der Waals surface area contributed by atoms with E-state index in [-0.39, 0.29) is 16.3 Å². The molecule has 1 aromatic carbocycles. The highest BCUT2D eigenvalue weighted by atomic mass is 35.5. The largest absolute Gasteiger partial charge is 0.342 e. The number of hydrogen-bond donors (Lipinski definition) is 2. The molecule has 144 valence electrons. The number of carbonyl (C=O) groups excluding carboxylic acids is 2. The fourth-order valence-corrected chi connectivity index (χ4v) is 5.67. The molecule has 0 radical (unpaired) electrons. The summed E-state index contributed by atoms with van der Waals surface area (Å²) in [7, 11) is -3.69. The minimum atomic E-state index is -3.69. The molecule has 10 heteroatoms. The number of halogens is 1. The van der Waals surface area contributed by atoms with Crippen molar-refractivity contribution < 1.29 is 18.0 Å². The van der Waals surface area contributed by atoms with Gasteiger partial charge in [-0.05, 0) is 48.6 Å². The summed E-state index contributed by atoms with van der Waals surface area (Å²) in [5.41, 5.74) is 0.548. The second-order valence-electron chi connectivity index (χ2n) is 5.96. The number of rotatable bonds is 6. The molecule has 1 fully saturated rings. The molecule has 3 rings (SSSR count). The maximum atomic E-state index is 12.7. The Morgan fingerprint density at radius 1 is 1.11 bits per heavy atom. The van der Waals surface area contributed by atoms with Gasteiger partial charge < -0.3 is 10.6 Å². The van der Waals surface area contributed by atoms with Gasteiger partial charge >= 0.3 is 0 Å². The molecular formula is C17H18ClN3O4S2. The number of anilines is 1. The summed E-state index contributed by atoms with van der Waals surface area (Å²) in [6.45, 7) is 0.647. The van der Waals surface area contributed by atoms with E-state index in [4.69, 9.17) is 11.6 Å². The third-order valence-electron chi connectivity index (χ3n) is 4.06. The average Bonchev–Trinajstić information content (AvgIpc) is 3.33. The Morgan fingerprint density at radius 2 is 1.78 bits per heavy atom. The Hall–Kier alpha value is -1.94. The highest BCUT2D eigenvalue weighted by Gasteiger charge is 2.31. The normalized spacial score (nSPS) is 14.9. The summed E-state index contributed by atoms with van der Waals surface area (Å²) in [5, 5.41) is 7.20. The molecular weight excluding hydrogens is 410 g/mol. The molecule has 2 heterocycles. The van der Waals surface area contributed by atoms with E-state index in [1.807, 2.05) is 0 Å². The van der Waals surface area contributed by atoms with E-state index in [2.05, 4.69) is 10.6 Å². The topological polar surface area (TPSA) is 95.6 Å². The molecule has 0 aliphatic carbocycles. The van der Waals surface area contributed by atoms with Gasteiger partial charge in [0, 0.05) is 23.8 Å². The van der Waals surface area contributed by atoms with Crippen LogP contribution in [-0.2, 0) is 14.8 Å². The van der Waals surface area contributed by atoms with Gasteiger partial charge in [0.1, 0.15) is 9.77 Å². The second-order valence-corrected chi connectivity index (χ2v) is 9.22. The fourth-order valence-electron chi connectivity index (χ4n) is 2.71. The molecule has 2 N–H and O–H groups in total. The van der Waals surface area contributed by atoms with Crippen LogP contribution in [0, 0.1) is 0 Å². The first-order valence-electron chi connectivity index (χ1n) is 8.29. The number of benzene rings is 1. The van der Waals surface area contributed by atoms with Gasteiger partial charge in [0.05, 0.1) is 6.54 Å². The van der Waals surface area contributed by atoms with Crippen LogP contribution >= 0.6 is 22.9 Å². The summed E-state index contributed by atoms with van der Waals surface area (Å²) in [6.07, 6.45) is 1.63. The molecule has 0 spiro atoms. The Labute approximate surface area is 166 Å². The SMILES string of the molecule is O=C(CNC(=O)c1sccc1S(=O)(=O)N1CCCC1)Nc1ccc(Cl)cc1. The average molecular weight is 428 g/mol. The van der Waals surface area contributed by atoms with Crippen molar-refractivity contribution in [2.24, 2.45) is 0 Å². The van der Waals surface area contributed by atoms with Gasteiger partial charge in [0.25, 0.3) is 5.91 Å². The molecule has 0 unspecified atom stereocenters. The maximum Gasteiger partial charge on any atom is 0.263 e. The standard InChI is InChI=1S/C17H18ClN3O4S2/c18-12-3-5-13(6-4-12)20-15(22)11-19-17(23)16-14(7-10-26-16)27(24,25)21-8-1-2-9-21/h3-7,10H,1-2,8-9,11H2,(H,19,23)(H,20,22). The van der Waals surface area contributed by atoms with Crippen molar-refractivity contribution >= 4 is 50.5 Å². The summed E-state index contributed by atoms with van der Waals surface area (Å²) in [5.74, 6) is -1.01. The molecule has 1 saturated heterocycles. The van der Waals surface area contributed by atoms with Crippen LogP contribution in [0.15, 0.2) is 40.6 Å². The number of amides is 2. The first-order chi connectivity index (χ1) is 12.9. The van der Waals surface area contributed by atoms with E-state index >= 15 is 0 Å². The monoisotopic (exact) mass is 427 g/mol. The highest BCUT2D eigenvalue weighted by Crippen LogP contribution is 2.27. The Bertz CT molecular complexity index is 935. The summed E-state index contributed by atoms with van der Waals surface area (Å²) >= 11 is 6.82. The van der Waals surface area contributed by atoms with E-state index in [0.29, 0.717) is 23.8 Å². The fraction of sp³-hybridized carbons (Fsp3) is 0.294. The molecule has 2 aromatic rings. The summed E-state index contributed by atoms with van der Waals surface area (Å²) in [6, 6.07) is 7.99. The lowest BCUT2D eigenvalue weighted by atomic mass is 10.3. The first kappa shape index (κ1) is 19.8. The van der Waals surface area contributed by atoms with Gasteiger partial charge in [-0.1, -0.05) is 11.6 Å². The first-order valence-corrected chi connectivity index (χ1v) is 11.0. The molecule has 1 aromatic heterocycles.